The Morgan fingerprint density at radius 1 is 0.811 bits per heavy atom. The zero-order valence-corrected chi connectivity index (χ0v) is 24.8. The van der Waals surface area contributed by atoms with Gasteiger partial charge in [0.15, 0.2) is 0 Å². The quantitative estimate of drug-likeness (QED) is 0.127. The van der Waals surface area contributed by atoms with E-state index in [-0.39, 0.29) is 23.2 Å². The van der Waals surface area contributed by atoms with Crippen molar-refractivity contribution in [3.63, 3.8) is 0 Å². The SMILES string of the molecule is CCCCCCCCCCCC[C@@H](O[Si](c1ccccc1)(c1ccccc1)C(C)(C)C)[C@H]1CCC(=O)O1. The Bertz CT molecular complexity index is 867. The maximum atomic E-state index is 12.1. The lowest BCUT2D eigenvalue weighted by molar-refractivity contribution is -0.145. The van der Waals surface area contributed by atoms with Crippen LogP contribution in [0.4, 0.5) is 0 Å². The summed E-state index contributed by atoms with van der Waals surface area (Å²) in [4.78, 5) is 12.1. The average molecular weight is 523 g/mol. The van der Waals surface area contributed by atoms with E-state index in [1.807, 2.05) is 0 Å². The van der Waals surface area contributed by atoms with E-state index in [4.69, 9.17) is 9.16 Å². The van der Waals surface area contributed by atoms with Gasteiger partial charge in [0, 0.05) is 6.42 Å². The average Bonchev–Trinajstić information content (AvgIpc) is 3.33. The van der Waals surface area contributed by atoms with Gasteiger partial charge in [-0.1, -0.05) is 153 Å². The van der Waals surface area contributed by atoms with Gasteiger partial charge in [-0.3, -0.25) is 4.79 Å². The fourth-order valence-electron chi connectivity index (χ4n) is 5.88. The van der Waals surface area contributed by atoms with Gasteiger partial charge >= 0.3 is 5.97 Å². The third kappa shape index (κ3) is 8.28. The van der Waals surface area contributed by atoms with Gasteiger partial charge < -0.3 is 9.16 Å². The summed E-state index contributed by atoms with van der Waals surface area (Å²) in [7, 11) is -2.69. The first-order valence-electron chi connectivity index (χ1n) is 14.9. The van der Waals surface area contributed by atoms with E-state index in [2.05, 4.69) is 88.4 Å². The lowest BCUT2D eigenvalue weighted by Crippen LogP contribution is -2.68. The predicted octanol–water partition coefficient (Wildman–Crippen LogP) is 7.95. The molecule has 0 amide bonds. The highest BCUT2D eigenvalue weighted by atomic mass is 28.4. The largest absolute Gasteiger partial charge is 0.460 e. The minimum atomic E-state index is -2.69. The Labute approximate surface area is 227 Å². The van der Waals surface area contributed by atoms with Crippen molar-refractivity contribution in [1.82, 2.24) is 0 Å². The van der Waals surface area contributed by atoms with Crippen LogP contribution in [-0.4, -0.2) is 26.5 Å². The number of cyclic esters (lactones) is 1. The molecule has 1 aliphatic rings. The lowest BCUT2D eigenvalue weighted by Gasteiger charge is -2.46. The highest BCUT2D eigenvalue weighted by Gasteiger charge is 2.52. The molecule has 3 nitrogen and oxygen atoms in total. The van der Waals surface area contributed by atoms with Crippen LogP contribution in [0.15, 0.2) is 60.7 Å². The molecule has 3 rings (SSSR count). The molecule has 2 aromatic rings. The van der Waals surface area contributed by atoms with Crippen molar-refractivity contribution < 1.29 is 14.0 Å². The van der Waals surface area contributed by atoms with Crippen LogP contribution in [0.3, 0.4) is 0 Å². The minimum absolute atomic E-state index is 0.0770. The zero-order valence-electron chi connectivity index (χ0n) is 23.8. The number of carbonyl (C=O) groups excluding carboxylic acids is 1. The van der Waals surface area contributed by atoms with E-state index in [9.17, 15) is 4.79 Å². The lowest BCUT2D eigenvalue weighted by atomic mass is 10.0. The zero-order chi connectivity index (χ0) is 26.6. The van der Waals surface area contributed by atoms with Crippen molar-refractivity contribution in [3.8, 4) is 0 Å². The Morgan fingerprint density at radius 3 is 1.73 bits per heavy atom. The van der Waals surface area contributed by atoms with Crippen molar-refractivity contribution in [3.05, 3.63) is 60.7 Å². The maximum absolute atomic E-state index is 12.1. The van der Waals surface area contributed by atoms with Gasteiger partial charge in [0.25, 0.3) is 8.32 Å². The van der Waals surface area contributed by atoms with Crippen LogP contribution in [0.2, 0.25) is 5.04 Å². The fraction of sp³-hybridized carbons (Fsp3) is 0.606. The standard InChI is InChI=1S/C33H50O3Si/c1-5-6-7-8-9-10-11-12-13-20-25-31(30-26-27-32(34)35-30)36-37(33(2,3)4,28-21-16-14-17-22-28)29-23-18-15-19-24-29/h14-19,21-24,30-31H,5-13,20,25-27H2,1-4H3/t30-,31-/m1/s1. The first-order chi connectivity index (χ1) is 17.9. The Hall–Kier alpha value is -1.91. The summed E-state index contributed by atoms with van der Waals surface area (Å²) in [6.45, 7) is 9.23. The molecule has 0 saturated carbocycles. The summed E-state index contributed by atoms with van der Waals surface area (Å²) >= 11 is 0. The van der Waals surface area contributed by atoms with Gasteiger partial charge in [-0.2, -0.15) is 0 Å². The summed E-state index contributed by atoms with van der Waals surface area (Å²) in [6, 6.07) is 21.6. The van der Waals surface area contributed by atoms with E-state index >= 15 is 0 Å². The van der Waals surface area contributed by atoms with Gasteiger partial charge in [-0.15, -0.1) is 0 Å². The molecular formula is C33H50O3Si. The fourth-order valence-corrected chi connectivity index (χ4v) is 10.6. The van der Waals surface area contributed by atoms with Gasteiger partial charge in [0.05, 0.1) is 6.10 Å². The number of esters is 1. The second-order valence-electron chi connectivity index (χ2n) is 11.9. The van der Waals surface area contributed by atoms with Gasteiger partial charge in [0.2, 0.25) is 0 Å². The molecule has 0 bridgehead atoms. The molecule has 0 aliphatic carbocycles. The van der Waals surface area contributed by atoms with Crippen molar-refractivity contribution in [2.75, 3.05) is 0 Å². The van der Waals surface area contributed by atoms with Crippen LogP contribution in [-0.2, 0) is 14.0 Å². The first kappa shape index (κ1) is 29.6. The van der Waals surface area contributed by atoms with E-state index in [1.54, 1.807) is 0 Å². The van der Waals surface area contributed by atoms with Gasteiger partial charge in [-0.25, -0.2) is 0 Å². The van der Waals surface area contributed by atoms with Crippen LogP contribution >= 0.6 is 0 Å². The summed E-state index contributed by atoms with van der Waals surface area (Å²) in [5.74, 6) is -0.0795. The summed E-state index contributed by atoms with van der Waals surface area (Å²) in [5.41, 5.74) is 0. The third-order valence-electron chi connectivity index (χ3n) is 7.92. The van der Waals surface area contributed by atoms with Crippen LogP contribution in [0.25, 0.3) is 0 Å². The van der Waals surface area contributed by atoms with Crippen molar-refractivity contribution >= 4 is 24.7 Å². The minimum Gasteiger partial charge on any atom is -0.460 e. The smallest absolute Gasteiger partial charge is 0.306 e. The molecule has 1 saturated heterocycles. The molecule has 4 heteroatoms. The van der Waals surface area contributed by atoms with E-state index in [0.29, 0.717) is 6.42 Å². The number of hydrogen-bond donors (Lipinski definition) is 0. The number of benzene rings is 2. The molecule has 0 radical (unpaired) electrons. The number of unbranched alkanes of at least 4 members (excludes halogenated alkanes) is 9. The Morgan fingerprint density at radius 2 is 1.30 bits per heavy atom. The molecule has 2 aromatic carbocycles. The first-order valence-corrected chi connectivity index (χ1v) is 16.8. The van der Waals surface area contributed by atoms with Gasteiger partial charge in [-0.05, 0) is 28.3 Å². The second-order valence-corrected chi connectivity index (χ2v) is 16.1. The van der Waals surface area contributed by atoms with Crippen LogP contribution in [0.1, 0.15) is 111 Å². The molecule has 37 heavy (non-hydrogen) atoms. The van der Waals surface area contributed by atoms with E-state index < -0.39 is 8.32 Å². The molecule has 0 unspecified atom stereocenters. The van der Waals surface area contributed by atoms with Crippen LogP contribution in [0.5, 0.6) is 0 Å². The highest BCUT2D eigenvalue weighted by molar-refractivity contribution is 6.99. The number of carbonyl (C=O) groups is 1. The van der Waals surface area contributed by atoms with E-state index in [0.717, 1.165) is 19.3 Å². The maximum Gasteiger partial charge on any atom is 0.306 e. The summed E-state index contributed by atoms with van der Waals surface area (Å²) in [6.07, 6.45) is 15.1. The van der Waals surface area contributed by atoms with Crippen LogP contribution < -0.4 is 10.4 Å². The second kappa shape index (κ2) is 14.9. The number of hydrogen-bond acceptors (Lipinski definition) is 3. The molecule has 1 heterocycles. The number of rotatable bonds is 16. The van der Waals surface area contributed by atoms with Crippen LogP contribution in [0, 0.1) is 0 Å². The topological polar surface area (TPSA) is 35.5 Å². The molecule has 0 spiro atoms. The molecule has 1 aliphatic heterocycles. The monoisotopic (exact) mass is 522 g/mol. The van der Waals surface area contributed by atoms with Crippen molar-refractivity contribution in [1.29, 1.82) is 0 Å². The molecule has 204 valence electrons. The molecule has 0 N–H and O–H groups in total. The van der Waals surface area contributed by atoms with Crippen molar-refractivity contribution in [2.45, 2.75) is 128 Å². The Balaban J connectivity index is 1.75. The molecular weight excluding hydrogens is 472 g/mol. The predicted molar refractivity (Wildman–Crippen MR) is 158 cm³/mol. The summed E-state index contributed by atoms with van der Waals surface area (Å²) in [5, 5.41) is 2.48. The third-order valence-corrected chi connectivity index (χ3v) is 13.0. The van der Waals surface area contributed by atoms with E-state index in [1.165, 1.54) is 68.2 Å². The number of ether oxygens (including phenoxy) is 1. The van der Waals surface area contributed by atoms with Crippen molar-refractivity contribution in [2.24, 2.45) is 0 Å². The highest BCUT2D eigenvalue weighted by Crippen LogP contribution is 2.39. The van der Waals surface area contributed by atoms with Gasteiger partial charge in [0.1, 0.15) is 6.10 Å². The molecule has 2 atom stereocenters. The molecule has 0 aromatic heterocycles. The normalized spacial score (nSPS) is 17.1. The summed E-state index contributed by atoms with van der Waals surface area (Å²) < 4.78 is 13.3. The Kier molecular flexibility index (Phi) is 11.9. The molecule has 1 fully saturated rings.